The SMILES string of the molecule is CCN(C(=O)[C@@]1(c2cccs2)C[C@H]1CN)C(C)c1ccc2n[nH]nc2c1. The summed E-state index contributed by atoms with van der Waals surface area (Å²) in [7, 11) is 0. The zero-order valence-electron chi connectivity index (χ0n) is 15.0. The zero-order valence-corrected chi connectivity index (χ0v) is 15.8. The van der Waals surface area contributed by atoms with Crippen LogP contribution in [-0.2, 0) is 10.2 Å². The molecule has 7 heteroatoms. The predicted octanol–water partition coefficient (Wildman–Crippen LogP) is 2.85. The van der Waals surface area contributed by atoms with Crippen LogP contribution in [0.5, 0.6) is 0 Å². The Morgan fingerprint density at radius 2 is 2.23 bits per heavy atom. The summed E-state index contributed by atoms with van der Waals surface area (Å²) in [5.41, 5.74) is 8.22. The molecule has 2 heterocycles. The molecule has 3 N–H and O–H groups in total. The van der Waals surface area contributed by atoms with Crippen molar-refractivity contribution >= 4 is 28.3 Å². The van der Waals surface area contributed by atoms with Crippen LogP contribution in [0, 0.1) is 5.92 Å². The minimum Gasteiger partial charge on any atom is -0.335 e. The van der Waals surface area contributed by atoms with Gasteiger partial charge in [0.15, 0.2) is 0 Å². The van der Waals surface area contributed by atoms with Gasteiger partial charge in [0.1, 0.15) is 11.0 Å². The van der Waals surface area contributed by atoms with Crippen LogP contribution in [0.4, 0.5) is 0 Å². The highest BCUT2D eigenvalue weighted by atomic mass is 32.1. The molecule has 1 saturated carbocycles. The molecule has 0 spiro atoms. The number of nitrogens with zero attached hydrogens (tertiary/aromatic N) is 3. The maximum absolute atomic E-state index is 13.6. The maximum Gasteiger partial charge on any atom is 0.234 e. The van der Waals surface area contributed by atoms with Crippen LogP contribution in [0.1, 0.15) is 36.8 Å². The Bertz CT molecular complexity index is 921. The second kappa shape index (κ2) is 6.48. The van der Waals surface area contributed by atoms with E-state index in [0.29, 0.717) is 13.1 Å². The Kier molecular flexibility index (Phi) is 4.28. The molecule has 3 aromatic rings. The summed E-state index contributed by atoms with van der Waals surface area (Å²) in [6, 6.07) is 10.0. The highest BCUT2D eigenvalue weighted by Gasteiger charge is 2.62. The van der Waals surface area contributed by atoms with Crippen LogP contribution in [-0.4, -0.2) is 39.3 Å². The highest BCUT2D eigenvalue weighted by molar-refractivity contribution is 7.10. The van der Waals surface area contributed by atoms with Crippen LogP contribution in [0.3, 0.4) is 0 Å². The number of amides is 1. The van der Waals surface area contributed by atoms with E-state index in [4.69, 9.17) is 5.73 Å². The standard InChI is InChI=1S/C19H23N5OS/c1-3-24(12(2)13-6-7-15-16(9-13)22-23-21-15)18(25)19(10-14(19)11-20)17-5-4-8-26-17/h4-9,12,14H,3,10-11,20H2,1-2H3,(H,21,22,23)/t12?,14-,19-/m0/s1. The third-order valence-electron chi connectivity index (χ3n) is 5.62. The van der Waals surface area contributed by atoms with Crippen LogP contribution >= 0.6 is 11.3 Å². The van der Waals surface area contributed by atoms with Gasteiger partial charge in [-0.1, -0.05) is 12.1 Å². The van der Waals surface area contributed by atoms with Crippen molar-refractivity contribution in [3.8, 4) is 0 Å². The van der Waals surface area contributed by atoms with Crippen molar-refractivity contribution in [2.24, 2.45) is 11.7 Å². The molecule has 136 valence electrons. The van der Waals surface area contributed by atoms with E-state index in [-0.39, 0.29) is 17.9 Å². The summed E-state index contributed by atoms with van der Waals surface area (Å²) in [6.45, 7) is 5.30. The molecule has 0 saturated heterocycles. The number of hydrogen-bond acceptors (Lipinski definition) is 5. The number of benzene rings is 1. The second-order valence-electron chi connectivity index (χ2n) is 6.92. The largest absolute Gasteiger partial charge is 0.335 e. The minimum absolute atomic E-state index is 0.0375. The maximum atomic E-state index is 13.6. The summed E-state index contributed by atoms with van der Waals surface area (Å²) < 4.78 is 0. The van der Waals surface area contributed by atoms with Crippen molar-refractivity contribution in [2.75, 3.05) is 13.1 Å². The van der Waals surface area contributed by atoms with Gasteiger partial charge in [0.2, 0.25) is 5.91 Å². The van der Waals surface area contributed by atoms with Crippen molar-refractivity contribution in [3.05, 3.63) is 46.2 Å². The van der Waals surface area contributed by atoms with Crippen LogP contribution < -0.4 is 5.73 Å². The van der Waals surface area contributed by atoms with E-state index >= 15 is 0 Å². The number of hydrogen-bond donors (Lipinski definition) is 2. The minimum atomic E-state index is -0.439. The Hall–Kier alpha value is -2.25. The average Bonchev–Trinajstić information content (AvgIpc) is 3.03. The van der Waals surface area contributed by atoms with Gasteiger partial charge in [0, 0.05) is 11.4 Å². The Labute approximate surface area is 156 Å². The van der Waals surface area contributed by atoms with Gasteiger partial charge in [-0.15, -0.1) is 11.3 Å². The molecule has 0 radical (unpaired) electrons. The number of rotatable bonds is 6. The third kappa shape index (κ3) is 2.54. The topological polar surface area (TPSA) is 87.9 Å². The van der Waals surface area contributed by atoms with E-state index in [2.05, 4.69) is 28.4 Å². The van der Waals surface area contributed by atoms with Gasteiger partial charge in [-0.05, 0) is 61.9 Å². The van der Waals surface area contributed by atoms with Gasteiger partial charge in [0.05, 0.1) is 11.5 Å². The fraction of sp³-hybridized carbons (Fsp3) is 0.421. The lowest BCUT2D eigenvalue weighted by molar-refractivity contribution is -0.136. The van der Waals surface area contributed by atoms with Gasteiger partial charge in [-0.3, -0.25) is 4.79 Å². The molecule has 1 amide bonds. The quantitative estimate of drug-likeness (QED) is 0.699. The Balaban J connectivity index is 1.66. The molecule has 4 rings (SSSR count). The van der Waals surface area contributed by atoms with Crippen molar-refractivity contribution in [3.63, 3.8) is 0 Å². The first kappa shape index (κ1) is 17.2. The van der Waals surface area contributed by atoms with Gasteiger partial charge >= 0.3 is 0 Å². The lowest BCUT2D eigenvalue weighted by atomic mass is 9.96. The molecule has 0 bridgehead atoms. The van der Waals surface area contributed by atoms with E-state index in [0.717, 1.165) is 27.9 Å². The number of H-pyrrole nitrogens is 1. The Morgan fingerprint density at radius 1 is 1.42 bits per heavy atom. The fourth-order valence-electron chi connectivity index (χ4n) is 3.96. The molecule has 2 aromatic heterocycles. The number of carbonyl (C=O) groups excluding carboxylic acids is 1. The normalized spacial score (nSPS) is 23.1. The number of likely N-dealkylation sites (N-methyl/N-ethyl adjacent to an activating group) is 1. The number of aromatic amines is 1. The zero-order chi connectivity index (χ0) is 18.3. The number of nitrogens with two attached hydrogens (primary N) is 1. The first-order valence-corrected chi connectivity index (χ1v) is 9.85. The van der Waals surface area contributed by atoms with E-state index in [1.807, 2.05) is 41.5 Å². The van der Waals surface area contributed by atoms with Crippen LogP contribution in [0.25, 0.3) is 11.0 Å². The van der Waals surface area contributed by atoms with Gasteiger partial charge in [0.25, 0.3) is 0 Å². The Morgan fingerprint density at radius 3 is 2.88 bits per heavy atom. The van der Waals surface area contributed by atoms with Crippen molar-refractivity contribution in [1.29, 1.82) is 0 Å². The second-order valence-corrected chi connectivity index (χ2v) is 7.87. The smallest absolute Gasteiger partial charge is 0.234 e. The fourth-order valence-corrected chi connectivity index (χ4v) is 4.97. The number of carbonyl (C=O) groups is 1. The van der Waals surface area contributed by atoms with Gasteiger partial charge < -0.3 is 10.6 Å². The molecule has 3 atom stereocenters. The molecule has 1 unspecified atom stereocenters. The van der Waals surface area contributed by atoms with Crippen molar-refractivity contribution < 1.29 is 4.79 Å². The van der Waals surface area contributed by atoms with E-state index < -0.39 is 5.41 Å². The van der Waals surface area contributed by atoms with Crippen LogP contribution in [0.2, 0.25) is 0 Å². The highest BCUT2D eigenvalue weighted by Crippen LogP contribution is 2.56. The lowest BCUT2D eigenvalue weighted by Crippen LogP contribution is -2.42. The van der Waals surface area contributed by atoms with Gasteiger partial charge in [-0.25, -0.2) is 0 Å². The number of fused-ring (bicyclic) bond motifs is 1. The average molecular weight is 369 g/mol. The van der Waals surface area contributed by atoms with E-state index in [9.17, 15) is 4.79 Å². The molecule has 1 aliphatic rings. The molecule has 1 fully saturated rings. The summed E-state index contributed by atoms with van der Waals surface area (Å²) in [5.74, 6) is 0.415. The van der Waals surface area contributed by atoms with Crippen LogP contribution in [0.15, 0.2) is 35.7 Å². The monoisotopic (exact) mass is 369 g/mol. The molecule has 1 aromatic carbocycles. The summed E-state index contributed by atoms with van der Waals surface area (Å²) in [6.07, 6.45) is 0.842. The first-order chi connectivity index (χ1) is 12.6. The molecule has 1 aliphatic carbocycles. The van der Waals surface area contributed by atoms with Crippen molar-refractivity contribution in [2.45, 2.75) is 31.7 Å². The van der Waals surface area contributed by atoms with Gasteiger partial charge in [-0.2, -0.15) is 15.4 Å². The molecule has 6 nitrogen and oxygen atoms in total. The predicted molar refractivity (Wildman–Crippen MR) is 103 cm³/mol. The molecule has 0 aliphatic heterocycles. The summed E-state index contributed by atoms with van der Waals surface area (Å²) >= 11 is 1.65. The molecular weight excluding hydrogens is 346 g/mol. The van der Waals surface area contributed by atoms with Crippen molar-refractivity contribution in [1.82, 2.24) is 20.3 Å². The molecule has 26 heavy (non-hydrogen) atoms. The molecular formula is C19H23N5OS. The lowest BCUT2D eigenvalue weighted by Gasteiger charge is -2.32. The number of thiophene rings is 1. The third-order valence-corrected chi connectivity index (χ3v) is 6.67. The number of aromatic nitrogens is 3. The summed E-state index contributed by atoms with van der Waals surface area (Å²) in [4.78, 5) is 16.7. The first-order valence-electron chi connectivity index (χ1n) is 8.97. The van der Waals surface area contributed by atoms with E-state index in [1.165, 1.54) is 0 Å². The van der Waals surface area contributed by atoms with E-state index in [1.54, 1.807) is 11.3 Å². The number of nitrogens with one attached hydrogen (secondary N) is 1. The summed E-state index contributed by atoms with van der Waals surface area (Å²) in [5, 5.41) is 12.9.